The topological polar surface area (TPSA) is 61.0 Å². The molecule has 3 rings (SSSR count). The third-order valence-corrected chi connectivity index (χ3v) is 4.18. The Morgan fingerprint density at radius 3 is 3.09 bits per heavy atom. The summed E-state index contributed by atoms with van der Waals surface area (Å²) in [5.74, 6) is -0.0383. The number of benzene rings is 1. The normalized spacial score (nSPS) is 13.7. The van der Waals surface area contributed by atoms with Crippen LogP contribution < -0.4 is 5.32 Å². The molecule has 116 valence electrons. The quantitative estimate of drug-likeness (QED) is 0.910. The van der Waals surface area contributed by atoms with E-state index in [-0.39, 0.29) is 5.91 Å². The summed E-state index contributed by atoms with van der Waals surface area (Å²) < 4.78 is 0. The fourth-order valence-electron chi connectivity index (χ4n) is 2.73. The maximum Gasteiger partial charge on any atom is 0.274 e. The summed E-state index contributed by atoms with van der Waals surface area (Å²) in [5.41, 5.74) is 3.62. The van der Waals surface area contributed by atoms with Gasteiger partial charge in [0.1, 0.15) is 0 Å². The number of amides is 1. The van der Waals surface area contributed by atoms with Crippen LogP contribution in [0.1, 0.15) is 34.2 Å². The molecule has 0 saturated heterocycles. The zero-order valence-corrected chi connectivity index (χ0v) is 13.3. The smallest absolute Gasteiger partial charge is 0.274 e. The van der Waals surface area contributed by atoms with E-state index < -0.39 is 0 Å². The molecule has 2 N–H and O–H groups in total. The lowest BCUT2D eigenvalue weighted by atomic mass is 10.1. The van der Waals surface area contributed by atoms with Gasteiger partial charge in [0.15, 0.2) is 5.69 Å². The number of H-pyrrole nitrogens is 1. The Hall–Kier alpha value is -1.85. The number of aromatic nitrogens is 2. The predicted octanol–water partition coefficient (Wildman–Crippen LogP) is 2.37. The lowest BCUT2D eigenvalue weighted by Crippen LogP contribution is -2.32. The van der Waals surface area contributed by atoms with Crippen molar-refractivity contribution >= 4 is 17.5 Å². The number of hydrogen-bond donors (Lipinski definition) is 2. The maximum atomic E-state index is 12.8. The zero-order chi connectivity index (χ0) is 15.5. The molecule has 6 heteroatoms. The van der Waals surface area contributed by atoms with E-state index in [2.05, 4.69) is 15.5 Å². The lowest BCUT2D eigenvalue weighted by molar-refractivity contribution is 0.0745. The van der Waals surface area contributed by atoms with Crippen molar-refractivity contribution in [2.45, 2.75) is 26.4 Å². The number of nitrogens with one attached hydrogen (secondary N) is 2. The van der Waals surface area contributed by atoms with Crippen LogP contribution in [0.2, 0.25) is 5.02 Å². The van der Waals surface area contributed by atoms with Gasteiger partial charge in [-0.05, 0) is 24.6 Å². The van der Waals surface area contributed by atoms with Crippen molar-refractivity contribution in [1.82, 2.24) is 20.4 Å². The van der Waals surface area contributed by atoms with Crippen LogP contribution in [-0.4, -0.2) is 34.1 Å². The molecule has 1 aromatic carbocycles. The molecule has 0 unspecified atom stereocenters. The second-order valence-corrected chi connectivity index (χ2v) is 5.84. The van der Waals surface area contributed by atoms with Crippen molar-refractivity contribution < 1.29 is 4.79 Å². The van der Waals surface area contributed by atoms with Crippen LogP contribution in [0.3, 0.4) is 0 Å². The number of aromatic amines is 1. The predicted molar refractivity (Wildman–Crippen MR) is 85.9 cm³/mol. The monoisotopic (exact) mass is 318 g/mol. The van der Waals surface area contributed by atoms with Gasteiger partial charge in [-0.3, -0.25) is 9.89 Å². The molecule has 0 bridgehead atoms. The summed E-state index contributed by atoms with van der Waals surface area (Å²) in [7, 11) is 0. The van der Waals surface area contributed by atoms with Crippen LogP contribution in [0, 0.1) is 0 Å². The molecule has 0 spiro atoms. The third-order valence-electron chi connectivity index (χ3n) is 3.94. The molecule has 1 amide bonds. The number of rotatable bonds is 4. The molecule has 1 aliphatic heterocycles. The summed E-state index contributed by atoms with van der Waals surface area (Å²) in [6.07, 6.45) is 0.885. The maximum absolute atomic E-state index is 12.8. The highest BCUT2D eigenvalue weighted by atomic mass is 35.5. The highest BCUT2D eigenvalue weighted by Crippen LogP contribution is 2.19. The first-order chi connectivity index (χ1) is 10.7. The Morgan fingerprint density at radius 1 is 1.45 bits per heavy atom. The van der Waals surface area contributed by atoms with Gasteiger partial charge in [-0.25, -0.2) is 0 Å². The van der Waals surface area contributed by atoms with Crippen LogP contribution >= 0.6 is 11.6 Å². The van der Waals surface area contributed by atoms with Gasteiger partial charge in [0.25, 0.3) is 5.91 Å². The second-order valence-electron chi connectivity index (χ2n) is 5.41. The van der Waals surface area contributed by atoms with Gasteiger partial charge in [0.05, 0.1) is 0 Å². The van der Waals surface area contributed by atoms with E-state index in [1.807, 2.05) is 31.2 Å². The molecule has 2 heterocycles. The number of carbonyl (C=O) groups is 1. The molecule has 1 aliphatic rings. The van der Waals surface area contributed by atoms with E-state index in [4.69, 9.17) is 11.6 Å². The van der Waals surface area contributed by atoms with Crippen LogP contribution in [0.5, 0.6) is 0 Å². The van der Waals surface area contributed by atoms with Crippen molar-refractivity contribution in [3.8, 4) is 0 Å². The van der Waals surface area contributed by atoms with Crippen LogP contribution in [0.25, 0.3) is 0 Å². The number of carbonyl (C=O) groups excluding carboxylic acids is 1. The fraction of sp³-hybridized carbons (Fsp3) is 0.375. The SMILES string of the molecule is CCN(Cc1cccc(Cl)c1)C(=O)c1n[nH]c2c1CNCC2. The largest absolute Gasteiger partial charge is 0.333 e. The average molecular weight is 319 g/mol. The molecule has 22 heavy (non-hydrogen) atoms. The Balaban J connectivity index is 1.81. The molecule has 0 atom stereocenters. The molecule has 1 aromatic heterocycles. The van der Waals surface area contributed by atoms with E-state index >= 15 is 0 Å². The molecule has 0 aliphatic carbocycles. The van der Waals surface area contributed by atoms with Crippen LogP contribution in [-0.2, 0) is 19.5 Å². The van der Waals surface area contributed by atoms with E-state index in [0.717, 1.165) is 29.8 Å². The van der Waals surface area contributed by atoms with Crippen molar-refractivity contribution in [2.24, 2.45) is 0 Å². The number of nitrogens with zero attached hydrogens (tertiary/aromatic N) is 2. The highest BCUT2D eigenvalue weighted by molar-refractivity contribution is 6.30. The first-order valence-electron chi connectivity index (χ1n) is 7.49. The van der Waals surface area contributed by atoms with Gasteiger partial charge >= 0.3 is 0 Å². The minimum absolute atomic E-state index is 0.0383. The van der Waals surface area contributed by atoms with Crippen molar-refractivity contribution in [1.29, 1.82) is 0 Å². The summed E-state index contributed by atoms with van der Waals surface area (Å²) in [4.78, 5) is 14.6. The summed E-state index contributed by atoms with van der Waals surface area (Å²) >= 11 is 6.02. The highest BCUT2D eigenvalue weighted by Gasteiger charge is 2.24. The van der Waals surface area contributed by atoms with E-state index in [1.165, 1.54) is 0 Å². The molecular weight excluding hydrogens is 300 g/mol. The van der Waals surface area contributed by atoms with Gasteiger partial charge in [0.2, 0.25) is 0 Å². The molecule has 0 saturated carbocycles. The summed E-state index contributed by atoms with van der Waals surface area (Å²) in [5, 5.41) is 11.2. The first kappa shape index (κ1) is 15.1. The van der Waals surface area contributed by atoms with Gasteiger partial charge in [-0.1, -0.05) is 23.7 Å². The Kier molecular flexibility index (Phi) is 4.45. The van der Waals surface area contributed by atoms with Gasteiger partial charge in [0, 0.05) is 48.9 Å². The third kappa shape index (κ3) is 3.00. The Labute approximate surface area is 134 Å². The van der Waals surface area contributed by atoms with Crippen molar-refractivity contribution in [3.63, 3.8) is 0 Å². The zero-order valence-electron chi connectivity index (χ0n) is 12.5. The minimum atomic E-state index is -0.0383. The van der Waals surface area contributed by atoms with Crippen molar-refractivity contribution in [3.05, 3.63) is 51.8 Å². The summed E-state index contributed by atoms with van der Waals surface area (Å²) in [6.45, 7) is 4.75. The van der Waals surface area contributed by atoms with E-state index in [0.29, 0.717) is 30.4 Å². The lowest BCUT2D eigenvalue weighted by Gasteiger charge is -2.21. The van der Waals surface area contributed by atoms with Crippen molar-refractivity contribution in [2.75, 3.05) is 13.1 Å². The molecule has 5 nitrogen and oxygen atoms in total. The minimum Gasteiger partial charge on any atom is -0.333 e. The average Bonchev–Trinajstić information content (AvgIpc) is 2.96. The fourth-order valence-corrected chi connectivity index (χ4v) is 2.95. The van der Waals surface area contributed by atoms with Gasteiger partial charge < -0.3 is 10.2 Å². The Morgan fingerprint density at radius 2 is 2.32 bits per heavy atom. The van der Waals surface area contributed by atoms with E-state index in [9.17, 15) is 4.79 Å². The number of fused-ring (bicyclic) bond motifs is 1. The molecule has 0 fully saturated rings. The number of halogens is 1. The van der Waals surface area contributed by atoms with E-state index in [1.54, 1.807) is 4.90 Å². The number of hydrogen-bond acceptors (Lipinski definition) is 3. The Bertz CT molecular complexity index is 683. The van der Waals surface area contributed by atoms with Gasteiger partial charge in [-0.2, -0.15) is 5.10 Å². The van der Waals surface area contributed by atoms with Crippen LogP contribution in [0.4, 0.5) is 0 Å². The second kappa shape index (κ2) is 6.50. The summed E-state index contributed by atoms with van der Waals surface area (Å²) in [6, 6.07) is 7.59. The van der Waals surface area contributed by atoms with Crippen LogP contribution in [0.15, 0.2) is 24.3 Å². The molecule has 0 radical (unpaired) electrons. The first-order valence-corrected chi connectivity index (χ1v) is 7.87. The molecule has 2 aromatic rings. The van der Waals surface area contributed by atoms with Gasteiger partial charge in [-0.15, -0.1) is 0 Å². The standard InChI is InChI=1S/C16H19ClN4O/c1-2-21(10-11-4-3-5-12(17)8-11)16(22)15-13-9-18-7-6-14(13)19-20-15/h3-5,8,18H,2,6-7,9-10H2,1H3,(H,19,20). The molecular formula is C16H19ClN4O.